The van der Waals surface area contributed by atoms with Gasteiger partial charge in [0.15, 0.2) is 0 Å². The molecule has 0 aliphatic carbocycles. The van der Waals surface area contributed by atoms with Crippen molar-refractivity contribution in [3.05, 3.63) is 0 Å². The molecule has 3 fully saturated rings. The van der Waals surface area contributed by atoms with E-state index in [1.54, 1.807) is 0 Å². The predicted octanol–water partition coefficient (Wildman–Crippen LogP) is -0.388. The maximum atomic E-state index is 5.56. The molecule has 3 saturated heterocycles. The van der Waals surface area contributed by atoms with E-state index in [-0.39, 0.29) is 0 Å². The molecule has 92 valence electrons. The molecule has 0 spiro atoms. The van der Waals surface area contributed by atoms with E-state index < -0.39 is 0 Å². The van der Waals surface area contributed by atoms with Gasteiger partial charge in [-0.3, -0.25) is 4.90 Å². The standard InChI is InChI=1S/C12H23N3O/c1-14-5-2-11(8-14)12(9-16-10-12)15-6-3-13-4-7-15/h11,13H,2-10H2,1H3. The zero-order valence-corrected chi connectivity index (χ0v) is 10.2. The van der Waals surface area contributed by atoms with Crippen molar-refractivity contribution in [2.24, 2.45) is 5.92 Å². The molecule has 0 aromatic rings. The van der Waals surface area contributed by atoms with Crippen LogP contribution in [0.2, 0.25) is 0 Å². The average Bonchev–Trinajstić information content (AvgIpc) is 2.65. The Balaban J connectivity index is 1.71. The molecule has 4 nitrogen and oxygen atoms in total. The molecule has 16 heavy (non-hydrogen) atoms. The lowest BCUT2D eigenvalue weighted by molar-refractivity contribution is -0.169. The summed E-state index contributed by atoms with van der Waals surface area (Å²) in [5, 5.41) is 3.44. The fourth-order valence-electron chi connectivity index (χ4n) is 3.47. The second-order valence-electron chi connectivity index (χ2n) is 5.58. The van der Waals surface area contributed by atoms with E-state index in [0.717, 1.165) is 32.2 Å². The van der Waals surface area contributed by atoms with Gasteiger partial charge in [0.1, 0.15) is 0 Å². The topological polar surface area (TPSA) is 27.7 Å². The van der Waals surface area contributed by atoms with E-state index in [1.165, 1.54) is 32.6 Å². The van der Waals surface area contributed by atoms with Crippen LogP contribution in [0.3, 0.4) is 0 Å². The fraction of sp³-hybridized carbons (Fsp3) is 1.00. The Bertz CT molecular complexity index is 242. The summed E-state index contributed by atoms with van der Waals surface area (Å²) in [5.74, 6) is 0.823. The molecule has 0 aromatic carbocycles. The second-order valence-corrected chi connectivity index (χ2v) is 5.58. The number of nitrogens with one attached hydrogen (secondary N) is 1. The van der Waals surface area contributed by atoms with Gasteiger partial charge in [-0.05, 0) is 25.9 Å². The summed E-state index contributed by atoms with van der Waals surface area (Å²) in [6.45, 7) is 9.13. The van der Waals surface area contributed by atoms with E-state index in [9.17, 15) is 0 Å². The van der Waals surface area contributed by atoms with Gasteiger partial charge in [0.05, 0.1) is 18.8 Å². The minimum absolute atomic E-state index is 0.382. The van der Waals surface area contributed by atoms with Crippen molar-refractivity contribution >= 4 is 0 Å². The maximum Gasteiger partial charge on any atom is 0.0720 e. The molecular formula is C12H23N3O. The largest absolute Gasteiger partial charge is 0.377 e. The van der Waals surface area contributed by atoms with Crippen LogP contribution in [-0.2, 0) is 4.74 Å². The van der Waals surface area contributed by atoms with Crippen molar-refractivity contribution in [3.63, 3.8) is 0 Å². The third kappa shape index (κ3) is 1.68. The van der Waals surface area contributed by atoms with Crippen molar-refractivity contribution in [1.82, 2.24) is 15.1 Å². The molecule has 0 aromatic heterocycles. The van der Waals surface area contributed by atoms with Crippen LogP contribution in [0, 0.1) is 5.92 Å². The first-order chi connectivity index (χ1) is 7.81. The monoisotopic (exact) mass is 225 g/mol. The van der Waals surface area contributed by atoms with Gasteiger partial charge in [-0.25, -0.2) is 0 Å². The summed E-state index contributed by atoms with van der Waals surface area (Å²) in [4.78, 5) is 5.16. The van der Waals surface area contributed by atoms with Crippen LogP contribution < -0.4 is 5.32 Å². The molecule has 1 unspecified atom stereocenters. The molecule has 4 heteroatoms. The van der Waals surface area contributed by atoms with Crippen molar-refractivity contribution < 1.29 is 4.74 Å². The number of rotatable bonds is 2. The maximum absolute atomic E-state index is 5.56. The van der Waals surface area contributed by atoms with Gasteiger partial charge in [-0.15, -0.1) is 0 Å². The first kappa shape index (κ1) is 11.0. The molecule has 0 amide bonds. The zero-order valence-electron chi connectivity index (χ0n) is 10.2. The molecular weight excluding hydrogens is 202 g/mol. The highest BCUT2D eigenvalue weighted by molar-refractivity contribution is 5.05. The summed E-state index contributed by atoms with van der Waals surface area (Å²) in [6.07, 6.45) is 1.35. The van der Waals surface area contributed by atoms with Crippen LogP contribution in [0.15, 0.2) is 0 Å². The number of likely N-dealkylation sites (tertiary alicyclic amines) is 1. The van der Waals surface area contributed by atoms with Crippen LogP contribution in [0.5, 0.6) is 0 Å². The van der Waals surface area contributed by atoms with Crippen molar-refractivity contribution in [3.8, 4) is 0 Å². The summed E-state index contributed by atoms with van der Waals surface area (Å²) in [7, 11) is 2.24. The van der Waals surface area contributed by atoms with Crippen LogP contribution >= 0.6 is 0 Å². The van der Waals surface area contributed by atoms with Crippen LogP contribution in [0.1, 0.15) is 6.42 Å². The Morgan fingerprint density at radius 3 is 2.44 bits per heavy atom. The van der Waals surface area contributed by atoms with Crippen LogP contribution in [0.25, 0.3) is 0 Å². The van der Waals surface area contributed by atoms with Gasteiger partial charge in [0, 0.05) is 32.7 Å². The van der Waals surface area contributed by atoms with Gasteiger partial charge >= 0.3 is 0 Å². The van der Waals surface area contributed by atoms with E-state index >= 15 is 0 Å². The zero-order chi connectivity index (χ0) is 11.0. The minimum Gasteiger partial charge on any atom is -0.377 e. The summed E-state index contributed by atoms with van der Waals surface area (Å²) >= 11 is 0. The number of nitrogens with zero attached hydrogens (tertiary/aromatic N) is 2. The molecule has 1 atom stereocenters. The van der Waals surface area contributed by atoms with Crippen molar-refractivity contribution in [1.29, 1.82) is 0 Å². The number of hydrogen-bond donors (Lipinski definition) is 1. The highest BCUT2D eigenvalue weighted by Crippen LogP contribution is 2.38. The van der Waals surface area contributed by atoms with E-state index in [1.807, 2.05) is 0 Å². The third-order valence-electron chi connectivity index (χ3n) is 4.60. The Labute approximate surface area is 97.9 Å². The SMILES string of the molecule is CN1CCC(C2(N3CCNCC3)COC2)C1. The molecule has 1 N–H and O–H groups in total. The minimum atomic E-state index is 0.382. The van der Waals surface area contributed by atoms with Gasteiger partial charge in [0.2, 0.25) is 0 Å². The fourth-order valence-corrected chi connectivity index (χ4v) is 3.47. The molecule has 0 bridgehead atoms. The molecule has 3 rings (SSSR count). The summed E-state index contributed by atoms with van der Waals surface area (Å²) in [5.41, 5.74) is 0.382. The van der Waals surface area contributed by atoms with Gasteiger partial charge in [-0.2, -0.15) is 0 Å². The lowest BCUT2D eigenvalue weighted by Gasteiger charge is -2.54. The van der Waals surface area contributed by atoms with Gasteiger partial charge in [0.25, 0.3) is 0 Å². The Kier molecular flexibility index (Phi) is 2.92. The normalized spacial score (nSPS) is 36.2. The summed E-state index contributed by atoms with van der Waals surface area (Å²) in [6, 6.07) is 0. The molecule has 3 aliphatic heterocycles. The lowest BCUT2D eigenvalue weighted by Crippen LogP contribution is -2.69. The molecule has 3 aliphatic rings. The lowest BCUT2D eigenvalue weighted by atomic mass is 9.79. The molecule has 0 radical (unpaired) electrons. The van der Waals surface area contributed by atoms with E-state index in [4.69, 9.17) is 4.74 Å². The smallest absolute Gasteiger partial charge is 0.0720 e. The Morgan fingerprint density at radius 2 is 1.94 bits per heavy atom. The summed E-state index contributed by atoms with van der Waals surface area (Å²) < 4.78 is 5.56. The molecule has 3 heterocycles. The highest BCUT2D eigenvalue weighted by Gasteiger charge is 2.51. The Hall–Kier alpha value is -0.160. The number of piperazine rings is 1. The predicted molar refractivity (Wildman–Crippen MR) is 63.6 cm³/mol. The third-order valence-corrected chi connectivity index (χ3v) is 4.60. The van der Waals surface area contributed by atoms with Crippen molar-refractivity contribution in [2.75, 3.05) is 59.5 Å². The average molecular weight is 225 g/mol. The Morgan fingerprint density at radius 1 is 1.19 bits per heavy atom. The second kappa shape index (κ2) is 4.26. The first-order valence-electron chi connectivity index (χ1n) is 6.53. The number of hydrogen-bond acceptors (Lipinski definition) is 4. The quantitative estimate of drug-likeness (QED) is 0.693. The highest BCUT2D eigenvalue weighted by atomic mass is 16.5. The molecule has 0 saturated carbocycles. The van der Waals surface area contributed by atoms with Crippen LogP contribution in [-0.4, -0.2) is 74.9 Å². The van der Waals surface area contributed by atoms with E-state index in [0.29, 0.717) is 5.54 Å². The van der Waals surface area contributed by atoms with Crippen molar-refractivity contribution in [2.45, 2.75) is 12.0 Å². The van der Waals surface area contributed by atoms with Crippen LogP contribution in [0.4, 0.5) is 0 Å². The number of ether oxygens (including phenoxy) is 1. The van der Waals surface area contributed by atoms with Gasteiger partial charge < -0.3 is 15.0 Å². The van der Waals surface area contributed by atoms with E-state index in [2.05, 4.69) is 22.2 Å². The van der Waals surface area contributed by atoms with Gasteiger partial charge in [-0.1, -0.05) is 0 Å². The first-order valence-corrected chi connectivity index (χ1v) is 6.53.